The van der Waals surface area contributed by atoms with Crippen LogP contribution in [0.2, 0.25) is 18.8 Å². The molecule has 0 aliphatic heterocycles. The Morgan fingerprint density at radius 2 is 1.61 bits per heavy atom. The molecule has 0 radical (unpaired) electrons. The first-order valence-corrected chi connectivity index (χ1v) is 23.0. The van der Waals surface area contributed by atoms with Gasteiger partial charge in [0, 0.05) is 0 Å². The summed E-state index contributed by atoms with van der Waals surface area (Å²) in [5.41, 5.74) is 0.324. The second-order valence-corrected chi connectivity index (χ2v) is 27.1. The number of hydrazine groups is 1. The molecule has 2 unspecified atom stereocenters. The fourth-order valence-corrected chi connectivity index (χ4v) is 5.81. The summed E-state index contributed by atoms with van der Waals surface area (Å²) in [6, 6.07) is 6.74. The fourth-order valence-electron chi connectivity index (χ4n) is 3.30. The maximum atomic E-state index is 13.5. The second-order valence-electron chi connectivity index (χ2n) is 9.82. The second kappa shape index (κ2) is 14.5. The first kappa shape index (κ1) is 30.1. The van der Waals surface area contributed by atoms with Gasteiger partial charge in [-0.25, -0.2) is 0 Å². The number of carbonyl (C=O) groups is 3. The summed E-state index contributed by atoms with van der Waals surface area (Å²) in [5, 5.41) is 12.8. The van der Waals surface area contributed by atoms with E-state index in [-0.39, 0.29) is 35.1 Å². The number of unbranched alkanes of at least 4 members (excludes halogenated alkanes) is 3. The van der Waals surface area contributed by atoms with Gasteiger partial charge in [-0.2, -0.15) is 0 Å². The van der Waals surface area contributed by atoms with E-state index in [0.717, 1.165) is 35.2 Å². The molecular formula is C25H41BrN2O4Sn. The Balaban J connectivity index is 3.25. The van der Waals surface area contributed by atoms with E-state index in [1.807, 2.05) is 0 Å². The number of carbonyl (C=O) groups excluding carboxylic acids is 3. The van der Waals surface area contributed by atoms with Gasteiger partial charge in [0.2, 0.25) is 0 Å². The minimum atomic E-state index is -2.40. The molecule has 2 atom stereocenters. The summed E-state index contributed by atoms with van der Waals surface area (Å²) in [6.07, 6.45) is 4.10. The number of hydrogen-bond acceptors (Lipinski definition) is 4. The first-order chi connectivity index (χ1) is 15.4. The zero-order valence-corrected chi connectivity index (χ0v) is 25.5. The van der Waals surface area contributed by atoms with Gasteiger partial charge in [-0.1, -0.05) is 6.92 Å². The Morgan fingerprint density at radius 3 is 2.12 bits per heavy atom. The number of imide groups is 1. The van der Waals surface area contributed by atoms with Crippen molar-refractivity contribution in [2.24, 2.45) is 0 Å². The molecule has 6 nitrogen and oxygen atoms in total. The molecule has 3 amide bonds. The predicted molar refractivity (Wildman–Crippen MR) is 139 cm³/mol. The third kappa shape index (κ3) is 10.1. The third-order valence-corrected chi connectivity index (χ3v) is 15.6. The topological polar surface area (TPSA) is 77.9 Å². The maximum absolute atomic E-state index is 13.5. The first-order valence-electron chi connectivity index (χ1n) is 12.0. The molecule has 0 saturated carbocycles. The van der Waals surface area contributed by atoms with Gasteiger partial charge in [0.15, 0.2) is 0 Å². The van der Waals surface area contributed by atoms with Crippen LogP contribution in [0.15, 0.2) is 28.7 Å². The molecule has 1 aromatic carbocycles. The normalized spacial score (nSPS) is 13.3. The molecule has 1 rings (SSSR count). The van der Waals surface area contributed by atoms with E-state index in [1.165, 1.54) is 5.01 Å². The van der Waals surface area contributed by atoms with E-state index in [4.69, 9.17) is 0 Å². The number of rotatable bonds is 12. The Labute approximate surface area is 212 Å². The van der Waals surface area contributed by atoms with Crippen LogP contribution in [0.1, 0.15) is 76.1 Å². The Hall–Kier alpha value is -0.931. The summed E-state index contributed by atoms with van der Waals surface area (Å²) in [6.45, 7) is 5.81. The summed E-state index contributed by atoms with van der Waals surface area (Å²) in [5.74, 6) is -1.28. The van der Waals surface area contributed by atoms with E-state index in [0.29, 0.717) is 12.0 Å². The minimum absolute atomic E-state index is 0.0695. The van der Waals surface area contributed by atoms with Crippen LogP contribution in [0.25, 0.3) is 0 Å². The molecule has 0 bridgehead atoms. The van der Waals surface area contributed by atoms with Gasteiger partial charge in [0.1, 0.15) is 0 Å². The molecule has 0 heterocycles. The fraction of sp³-hybridized carbons (Fsp3) is 0.640. The predicted octanol–water partition coefficient (Wildman–Crippen LogP) is 6.02. The third-order valence-electron chi connectivity index (χ3n) is 6.09. The van der Waals surface area contributed by atoms with E-state index in [2.05, 4.69) is 44.6 Å². The van der Waals surface area contributed by atoms with Crippen molar-refractivity contribution in [2.75, 3.05) is 6.54 Å². The zero-order valence-electron chi connectivity index (χ0n) is 21.1. The molecule has 8 heteroatoms. The van der Waals surface area contributed by atoms with Gasteiger partial charge in [-0.15, -0.1) is 0 Å². The van der Waals surface area contributed by atoms with Crippen LogP contribution in [0, 0.1) is 0 Å². The van der Waals surface area contributed by atoms with Crippen LogP contribution in [0.3, 0.4) is 0 Å². The molecule has 186 valence electrons. The van der Waals surface area contributed by atoms with Crippen molar-refractivity contribution < 1.29 is 19.5 Å². The summed E-state index contributed by atoms with van der Waals surface area (Å²) in [7, 11) is 0. The average Bonchev–Trinajstić information content (AvgIpc) is 2.75. The molecule has 33 heavy (non-hydrogen) atoms. The van der Waals surface area contributed by atoms with Crippen molar-refractivity contribution in [2.45, 2.75) is 90.6 Å². The van der Waals surface area contributed by atoms with Gasteiger partial charge in [0.05, 0.1) is 0 Å². The number of aliphatic hydroxyl groups is 1. The summed E-state index contributed by atoms with van der Waals surface area (Å²) < 4.78 is 1.01. The Morgan fingerprint density at radius 1 is 1.00 bits per heavy atom. The van der Waals surface area contributed by atoms with E-state index in [9.17, 15) is 19.5 Å². The monoisotopic (exact) mass is 632 g/mol. The quantitative estimate of drug-likeness (QED) is 0.174. The number of hydrogen-bond donors (Lipinski definition) is 1. The van der Waals surface area contributed by atoms with Crippen LogP contribution in [-0.2, 0) is 9.59 Å². The molecule has 0 aromatic heterocycles. The molecular weight excluding hydrogens is 591 g/mol. The number of halogens is 1. The Bertz CT molecular complexity index is 780. The van der Waals surface area contributed by atoms with Gasteiger partial charge >= 0.3 is 206 Å². The number of nitrogens with zero attached hydrogens (tertiary/aromatic N) is 2. The summed E-state index contributed by atoms with van der Waals surface area (Å²) in [4.78, 5) is 46.7. The van der Waals surface area contributed by atoms with Crippen molar-refractivity contribution in [3.8, 4) is 0 Å². The molecule has 0 saturated heterocycles. The van der Waals surface area contributed by atoms with Crippen molar-refractivity contribution >= 4 is 52.0 Å². The van der Waals surface area contributed by atoms with Crippen LogP contribution < -0.4 is 0 Å². The molecule has 1 N–H and O–H groups in total. The van der Waals surface area contributed by atoms with Crippen molar-refractivity contribution in [3.05, 3.63) is 34.3 Å². The number of benzene rings is 1. The van der Waals surface area contributed by atoms with Gasteiger partial charge < -0.3 is 0 Å². The molecule has 0 aliphatic rings. The Kier molecular flexibility index (Phi) is 13.2. The number of aliphatic hydroxyl groups excluding tert-OH is 1. The van der Waals surface area contributed by atoms with E-state index in [1.54, 1.807) is 31.2 Å². The standard InChI is InChI=1S/C22H32BrN2O4.3CH3.Sn/c1-4-7-8-9-11-19(26)16-24(20(27)6-3)25(21(28)10-5-2)22(29)17-12-14-18(23)15-13-17;;;;/h5,12-15,19,26H,4,6-11,16H2,1-3H3;3*1H3;. The molecule has 0 spiro atoms. The van der Waals surface area contributed by atoms with Gasteiger partial charge in [0.25, 0.3) is 0 Å². The van der Waals surface area contributed by atoms with Crippen LogP contribution >= 0.6 is 15.9 Å². The molecule has 0 fully saturated rings. The number of amides is 3. The molecule has 1 aromatic rings. The molecule has 0 aliphatic carbocycles. The van der Waals surface area contributed by atoms with Crippen LogP contribution in [0.5, 0.6) is 0 Å². The van der Waals surface area contributed by atoms with Crippen LogP contribution in [-0.4, -0.2) is 63.9 Å². The SMILES string of the molecule is CCCCCCC(O)CN(C(=O)CC)N(C(=O)C[CH](C)[Sn]([CH3])([CH3])[CH3])C(=O)c1ccc(Br)cc1. The van der Waals surface area contributed by atoms with E-state index >= 15 is 0 Å². The average molecular weight is 632 g/mol. The van der Waals surface area contributed by atoms with Crippen LogP contribution in [0.4, 0.5) is 0 Å². The van der Waals surface area contributed by atoms with Crippen molar-refractivity contribution in [1.82, 2.24) is 10.0 Å². The van der Waals surface area contributed by atoms with E-state index < -0.39 is 30.4 Å². The van der Waals surface area contributed by atoms with Crippen molar-refractivity contribution in [1.29, 1.82) is 0 Å². The van der Waals surface area contributed by atoms with Crippen molar-refractivity contribution in [3.63, 3.8) is 0 Å². The van der Waals surface area contributed by atoms with Gasteiger partial charge in [-0.05, 0) is 0 Å². The van der Waals surface area contributed by atoms with Gasteiger partial charge in [-0.3, -0.25) is 0 Å². The summed E-state index contributed by atoms with van der Waals surface area (Å²) >= 11 is 0.960. The zero-order chi connectivity index (χ0) is 25.2.